The minimum absolute atomic E-state index is 0.0816. The Balaban J connectivity index is 1.57. The molecule has 3 atom stereocenters. The van der Waals surface area contributed by atoms with Crippen LogP contribution in [0.3, 0.4) is 0 Å². The fourth-order valence-electron chi connectivity index (χ4n) is 3.82. The third-order valence-electron chi connectivity index (χ3n) is 5.35. The van der Waals surface area contributed by atoms with Gasteiger partial charge < -0.3 is 24.8 Å². The van der Waals surface area contributed by atoms with Crippen LogP contribution in [0.1, 0.15) is 38.4 Å². The fraction of sp³-hybridized carbons (Fsp3) is 0.480. The summed E-state index contributed by atoms with van der Waals surface area (Å²) in [5.74, 6) is 2.67. The van der Waals surface area contributed by atoms with Crippen LogP contribution in [0.15, 0.2) is 59.6 Å². The first-order valence-electron chi connectivity index (χ1n) is 11.2. The van der Waals surface area contributed by atoms with Crippen LogP contribution in [0.4, 0.5) is 0 Å². The quantitative estimate of drug-likeness (QED) is 0.466. The van der Waals surface area contributed by atoms with Crippen molar-refractivity contribution in [1.29, 1.82) is 0 Å². The molecule has 1 aliphatic heterocycles. The molecule has 0 amide bonds. The van der Waals surface area contributed by atoms with Gasteiger partial charge in [0.15, 0.2) is 17.5 Å². The largest absolute Gasteiger partial charge is 0.493 e. The molecular formula is C25H35N3O3. The summed E-state index contributed by atoms with van der Waals surface area (Å²) in [4.78, 5) is 4.74. The second kappa shape index (κ2) is 12.2. The van der Waals surface area contributed by atoms with Gasteiger partial charge in [-0.15, -0.1) is 0 Å². The predicted octanol–water partition coefficient (Wildman–Crippen LogP) is 4.19. The summed E-state index contributed by atoms with van der Waals surface area (Å²) in [6.07, 6.45) is 2.27. The average Bonchev–Trinajstić information content (AvgIpc) is 2.82. The van der Waals surface area contributed by atoms with Crippen LogP contribution in [0.2, 0.25) is 0 Å². The standard InChI is InChI=1S/C25H35N3O3/c1-4-26-25(27-17-19(2)31-23-15-9-8-14-22(23)29-3)28-18-21-13-10-16-30-24(21)20-11-6-5-7-12-20/h5-9,11-12,14-15,19,21,24H,4,10,13,16-18H2,1-3H3,(H2,26,27,28). The summed E-state index contributed by atoms with van der Waals surface area (Å²) in [6.45, 7) is 7.06. The van der Waals surface area contributed by atoms with Crippen molar-refractivity contribution in [2.24, 2.45) is 10.9 Å². The Morgan fingerprint density at radius 3 is 2.58 bits per heavy atom. The third kappa shape index (κ3) is 6.89. The van der Waals surface area contributed by atoms with E-state index in [0.717, 1.165) is 50.0 Å². The van der Waals surface area contributed by atoms with Gasteiger partial charge in [-0.25, -0.2) is 4.99 Å². The Morgan fingerprint density at radius 1 is 1.10 bits per heavy atom. The van der Waals surface area contributed by atoms with Crippen molar-refractivity contribution in [1.82, 2.24) is 10.6 Å². The van der Waals surface area contributed by atoms with Crippen LogP contribution in [0.5, 0.6) is 11.5 Å². The molecule has 168 valence electrons. The van der Waals surface area contributed by atoms with Gasteiger partial charge in [0, 0.05) is 25.6 Å². The maximum atomic E-state index is 6.12. The number of methoxy groups -OCH3 is 1. The molecule has 3 unspecified atom stereocenters. The number of nitrogens with one attached hydrogen (secondary N) is 2. The number of hydrogen-bond donors (Lipinski definition) is 2. The molecule has 0 bridgehead atoms. The molecule has 3 rings (SSSR count). The number of hydrogen-bond acceptors (Lipinski definition) is 4. The van der Waals surface area contributed by atoms with Crippen molar-refractivity contribution in [3.8, 4) is 11.5 Å². The Labute approximate surface area is 186 Å². The van der Waals surface area contributed by atoms with E-state index in [1.54, 1.807) is 7.11 Å². The number of rotatable bonds is 9. The van der Waals surface area contributed by atoms with Gasteiger partial charge in [-0.2, -0.15) is 0 Å². The van der Waals surface area contributed by atoms with Gasteiger partial charge >= 0.3 is 0 Å². The minimum atomic E-state index is -0.0816. The Kier molecular flexibility index (Phi) is 9.03. The van der Waals surface area contributed by atoms with E-state index in [1.165, 1.54) is 5.56 Å². The van der Waals surface area contributed by atoms with Crippen LogP contribution in [-0.2, 0) is 4.74 Å². The van der Waals surface area contributed by atoms with E-state index in [4.69, 9.17) is 19.2 Å². The van der Waals surface area contributed by atoms with E-state index in [9.17, 15) is 0 Å². The van der Waals surface area contributed by atoms with Crippen molar-refractivity contribution in [2.45, 2.75) is 38.9 Å². The molecule has 0 radical (unpaired) electrons. The number of aliphatic imine (C=N–C) groups is 1. The first kappa shape index (κ1) is 22.9. The third-order valence-corrected chi connectivity index (χ3v) is 5.35. The lowest BCUT2D eigenvalue weighted by Crippen LogP contribution is -2.42. The van der Waals surface area contributed by atoms with Crippen LogP contribution in [-0.4, -0.2) is 45.4 Å². The molecule has 0 saturated carbocycles. The molecule has 2 N–H and O–H groups in total. The highest BCUT2D eigenvalue weighted by Crippen LogP contribution is 2.33. The first-order valence-corrected chi connectivity index (χ1v) is 11.2. The normalized spacial score (nSPS) is 20.0. The minimum Gasteiger partial charge on any atom is -0.493 e. The zero-order valence-electron chi connectivity index (χ0n) is 18.8. The second-order valence-electron chi connectivity index (χ2n) is 7.78. The maximum absolute atomic E-state index is 6.12. The lowest BCUT2D eigenvalue weighted by atomic mass is 9.89. The summed E-state index contributed by atoms with van der Waals surface area (Å²) >= 11 is 0. The Morgan fingerprint density at radius 2 is 1.84 bits per heavy atom. The number of ether oxygens (including phenoxy) is 3. The molecule has 0 aliphatic carbocycles. The molecule has 1 saturated heterocycles. The summed E-state index contributed by atoms with van der Waals surface area (Å²) < 4.78 is 17.5. The SMILES string of the molecule is CCNC(=NCC(C)Oc1ccccc1OC)NCC1CCCOC1c1ccccc1. The Hall–Kier alpha value is -2.73. The van der Waals surface area contributed by atoms with Gasteiger partial charge in [0.05, 0.1) is 19.8 Å². The van der Waals surface area contributed by atoms with Crippen LogP contribution < -0.4 is 20.1 Å². The van der Waals surface area contributed by atoms with Crippen molar-refractivity contribution in [3.63, 3.8) is 0 Å². The number of nitrogens with zero attached hydrogens (tertiary/aromatic N) is 1. The molecule has 0 spiro atoms. The highest BCUT2D eigenvalue weighted by molar-refractivity contribution is 5.79. The average molecular weight is 426 g/mol. The lowest BCUT2D eigenvalue weighted by Gasteiger charge is -2.32. The summed E-state index contributed by atoms with van der Waals surface area (Å²) in [7, 11) is 1.65. The van der Waals surface area contributed by atoms with Gasteiger partial charge in [-0.1, -0.05) is 42.5 Å². The van der Waals surface area contributed by atoms with Crippen molar-refractivity contribution < 1.29 is 14.2 Å². The van der Waals surface area contributed by atoms with Crippen molar-refractivity contribution >= 4 is 5.96 Å². The van der Waals surface area contributed by atoms with Crippen molar-refractivity contribution in [3.05, 3.63) is 60.2 Å². The monoisotopic (exact) mass is 425 g/mol. The van der Waals surface area contributed by atoms with E-state index < -0.39 is 0 Å². The second-order valence-corrected chi connectivity index (χ2v) is 7.78. The predicted molar refractivity (Wildman–Crippen MR) is 125 cm³/mol. The maximum Gasteiger partial charge on any atom is 0.191 e. The molecule has 31 heavy (non-hydrogen) atoms. The van der Waals surface area contributed by atoms with Crippen LogP contribution >= 0.6 is 0 Å². The van der Waals surface area contributed by atoms with Gasteiger partial charge in [0.1, 0.15) is 6.10 Å². The molecule has 0 aromatic heterocycles. The molecule has 6 heteroatoms. The smallest absolute Gasteiger partial charge is 0.191 e. The zero-order chi connectivity index (χ0) is 21.9. The zero-order valence-corrected chi connectivity index (χ0v) is 18.8. The van der Waals surface area contributed by atoms with Gasteiger partial charge in [0.25, 0.3) is 0 Å². The number of benzene rings is 2. The lowest BCUT2D eigenvalue weighted by molar-refractivity contribution is -0.0265. The molecule has 2 aromatic carbocycles. The van der Waals surface area contributed by atoms with E-state index in [1.807, 2.05) is 37.3 Å². The molecule has 6 nitrogen and oxygen atoms in total. The van der Waals surface area contributed by atoms with Gasteiger partial charge in [0.2, 0.25) is 0 Å². The van der Waals surface area contributed by atoms with E-state index >= 15 is 0 Å². The molecular weight excluding hydrogens is 390 g/mol. The first-order chi connectivity index (χ1) is 15.2. The van der Waals surface area contributed by atoms with E-state index in [-0.39, 0.29) is 12.2 Å². The highest BCUT2D eigenvalue weighted by Gasteiger charge is 2.27. The van der Waals surface area contributed by atoms with Crippen LogP contribution in [0, 0.1) is 5.92 Å². The van der Waals surface area contributed by atoms with Crippen LogP contribution in [0.25, 0.3) is 0 Å². The fourth-order valence-corrected chi connectivity index (χ4v) is 3.82. The Bertz CT molecular complexity index is 813. The molecule has 1 aliphatic rings. The molecule has 1 fully saturated rings. The number of guanidine groups is 1. The summed E-state index contributed by atoms with van der Waals surface area (Å²) in [6, 6.07) is 18.2. The van der Waals surface area contributed by atoms with Gasteiger partial charge in [-0.05, 0) is 44.4 Å². The van der Waals surface area contributed by atoms with E-state index in [2.05, 4.69) is 41.8 Å². The summed E-state index contributed by atoms with van der Waals surface area (Å²) in [5, 5.41) is 6.85. The molecule has 2 aromatic rings. The highest BCUT2D eigenvalue weighted by atomic mass is 16.5. The van der Waals surface area contributed by atoms with E-state index in [0.29, 0.717) is 12.5 Å². The number of para-hydroxylation sites is 2. The topological polar surface area (TPSA) is 64.1 Å². The van der Waals surface area contributed by atoms with Crippen molar-refractivity contribution in [2.75, 3.05) is 33.4 Å². The van der Waals surface area contributed by atoms with Gasteiger partial charge in [-0.3, -0.25) is 0 Å². The summed E-state index contributed by atoms with van der Waals surface area (Å²) in [5.41, 5.74) is 1.25. The molecule has 1 heterocycles.